The first-order chi connectivity index (χ1) is 14.8. The minimum absolute atomic E-state index is 0.112. The minimum Gasteiger partial charge on any atom is -0.463 e. The van der Waals surface area contributed by atoms with Crippen molar-refractivity contribution in [3.63, 3.8) is 0 Å². The van der Waals surface area contributed by atoms with E-state index in [2.05, 4.69) is 6.07 Å². The van der Waals surface area contributed by atoms with Gasteiger partial charge in [0.05, 0.1) is 23.8 Å². The molecular formula is C26H26N2O3. The minimum atomic E-state index is -0.564. The second kappa shape index (κ2) is 9.01. The number of aryl methyl sites for hydroxylation is 1. The number of ether oxygens (including phenoxy) is 1. The smallest absolute Gasteiger partial charge is 0.336 e. The van der Waals surface area contributed by atoms with E-state index >= 15 is 0 Å². The molecule has 158 valence electrons. The molecule has 0 spiro atoms. The molecule has 5 heteroatoms. The molecule has 0 N–H and O–H groups in total. The third kappa shape index (κ3) is 4.15. The number of allylic oxidation sites excluding steroid dienone is 3. The summed E-state index contributed by atoms with van der Waals surface area (Å²) in [7, 11) is 0. The normalized spacial score (nSPS) is 16.3. The molecular weight excluding hydrogens is 388 g/mol. The molecule has 1 unspecified atom stereocenters. The predicted octanol–water partition coefficient (Wildman–Crippen LogP) is 5.17. The van der Waals surface area contributed by atoms with Crippen molar-refractivity contribution >= 4 is 17.4 Å². The van der Waals surface area contributed by atoms with Crippen LogP contribution in [0.2, 0.25) is 0 Å². The Morgan fingerprint density at radius 1 is 1.03 bits per heavy atom. The number of anilines is 1. The molecule has 1 heterocycles. The highest BCUT2D eigenvalue weighted by Gasteiger charge is 2.39. The summed E-state index contributed by atoms with van der Waals surface area (Å²) in [5.74, 6) is -1.12. The molecule has 1 atom stereocenters. The summed E-state index contributed by atoms with van der Waals surface area (Å²) < 4.78 is 5.41. The zero-order valence-corrected chi connectivity index (χ0v) is 18.5. The number of Topliss-reactive ketones (excluding diaryl/α,β-unsaturated/α-hetero) is 1. The van der Waals surface area contributed by atoms with Crippen molar-refractivity contribution < 1.29 is 14.3 Å². The lowest BCUT2D eigenvalue weighted by Gasteiger charge is -2.38. The number of nitrogens with zero attached hydrogens (tertiary/aromatic N) is 2. The van der Waals surface area contributed by atoms with Crippen molar-refractivity contribution in [2.75, 3.05) is 11.5 Å². The fraction of sp³-hybridized carbons (Fsp3) is 0.269. The maximum atomic E-state index is 13.1. The molecule has 0 saturated carbocycles. The lowest BCUT2D eigenvalue weighted by Crippen LogP contribution is -2.34. The van der Waals surface area contributed by atoms with Crippen LogP contribution in [-0.2, 0) is 14.3 Å². The Kier molecular flexibility index (Phi) is 6.41. The number of hydrogen-bond acceptors (Lipinski definition) is 5. The summed E-state index contributed by atoms with van der Waals surface area (Å²) in [5, 5.41) is 9.15. The first-order valence-electron chi connectivity index (χ1n) is 10.3. The van der Waals surface area contributed by atoms with Crippen molar-refractivity contribution in [2.24, 2.45) is 0 Å². The number of esters is 1. The van der Waals surface area contributed by atoms with Crippen molar-refractivity contribution in [2.45, 2.75) is 40.5 Å². The topological polar surface area (TPSA) is 70.4 Å². The standard InChI is InChI=1S/C26H26N2O3/c1-6-31-26(30)24-18(4)28(22-9-7-8-16(2)14-22)17(3)23(19(5)29)25(24)21-12-10-20(15-27)11-13-21/h7-14,25H,6H2,1-5H3. The molecule has 0 aliphatic carbocycles. The van der Waals surface area contributed by atoms with Crippen molar-refractivity contribution in [3.05, 3.63) is 87.8 Å². The van der Waals surface area contributed by atoms with Crippen LogP contribution in [0, 0.1) is 18.3 Å². The van der Waals surface area contributed by atoms with E-state index in [0.29, 0.717) is 16.7 Å². The quantitative estimate of drug-likeness (QED) is 0.631. The average molecular weight is 415 g/mol. The molecule has 2 aromatic carbocycles. The third-order valence-electron chi connectivity index (χ3n) is 5.54. The highest BCUT2D eigenvalue weighted by atomic mass is 16.5. The van der Waals surface area contributed by atoms with Crippen LogP contribution in [0.3, 0.4) is 0 Å². The van der Waals surface area contributed by atoms with E-state index in [1.807, 2.05) is 49.9 Å². The molecule has 0 aromatic heterocycles. The molecule has 1 aliphatic rings. The molecule has 31 heavy (non-hydrogen) atoms. The highest BCUT2D eigenvalue weighted by Crippen LogP contribution is 2.44. The number of carbonyl (C=O) groups excluding carboxylic acids is 2. The van der Waals surface area contributed by atoms with E-state index in [4.69, 9.17) is 10.00 Å². The number of nitriles is 1. The van der Waals surface area contributed by atoms with Crippen LogP contribution in [0.5, 0.6) is 0 Å². The largest absolute Gasteiger partial charge is 0.463 e. The van der Waals surface area contributed by atoms with E-state index in [0.717, 1.165) is 28.2 Å². The van der Waals surface area contributed by atoms with Gasteiger partial charge in [0, 0.05) is 28.6 Å². The van der Waals surface area contributed by atoms with Crippen LogP contribution in [-0.4, -0.2) is 18.4 Å². The summed E-state index contributed by atoms with van der Waals surface area (Å²) in [6.45, 7) is 9.31. The molecule has 0 amide bonds. The van der Waals surface area contributed by atoms with Gasteiger partial charge in [-0.15, -0.1) is 0 Å². The molecule has 0 saturated heterocycles. The molecule has 0 fully saturated rings. The van der Waals surface area contributed by atoms with Crippen LogP contribution < -0.4 is 4.90 Å². The van der Waals surface area contributed by atoms with Gasteiger partial charge in [-0.05, 0) is 70.0 Å². The fourth-order valence-corrected chi connectivity index (χ4v) is 4.22. The maximum Gasteiger partial charge on any atom is 0.336 e. The molecule has 1 aliphatic heterocycles. The molecule has 5 nitrogen and oxygen atoms in total. The highest BCUT2D eigenvalue weighted by molar-refractivity contribution is 6.03. The Morgan fingerprint density at radius 2 is 1.68 bits per heavy atom. The summed E-state index contributed by atoms with van der Waals surface area (Å²) in [4.78, 5) is 28.0. The van der Waals surface area contributed by atoms with Gasteiger partial charge in [0.1, 0.15) is 0 Å². The zero-order valence-electron chi connectivity index (χ0n) is 18.5. The number of carbonyl (C=O) groups is 2. The number of benzene rings is 2. The van der Waals surface area contributed by atoms with Gasteiger partial charge in [-0.1, -0.05) is 24.3 Å². The first kappa shape index (κ1) is 22.0. The summed E-state index contributed by atoms with van der Waals surface area (Å²) in [6.07, 6.45) is 0. The van der Waals surface area contributed by atoms with Gasteiger partial charge in [0.25, 0.3) is 0 Å². The lowest BCUT2D eigenvalue weighted by molar-refractivity contribution is -0.138. The summed E-state index contributed by atoms with van der Waals surface area (Å²) >= 11 is 0. The summed E-state index contributed by atoms with van der Waals surface area (Å²) in [6, 6.07) is 17.1. The SMILES string of the molecule is CCOC(=O)C1=C(C)N(c2cccc(C)c2)C(C)=C(C(C)=O)C1c1ccc(C#N)cc1. The van der Waals surface area contributed by atoms with Crippen LogP contribution in [0.25, 0.3) is 0 Å². The second-order valence-electron chi connectivity index (χ2n) is 7.62. The Bertz CT molecular complexity index is 1130. The van der Waals surface area contributed by atoms with Crippen LogP contribution >= 0.6 is 0 Å². The summed E-state index contributed by atoms with van der Waals surface area (Å²) in [5.41, 5.74) is 5.73. The Labute approximate surface area is 183 Å². The van der Waals surface area contributed by atoms with Crippen LogP contribution in [0.4, 0.5) is 5.69 Å². The Morgan fingerprint density at radius 3 is 2.23 bits per heavy atom. The van der Waals surface area contributed by atoms with Gasteiger partial charge < -0.3 is 9.64 Å². The fourth-order valence-electron chi connectivity index (χ4n) is 4.22. The van der Waals surface area contributed by atoms with E-state index in [1.165, 1.54) is 6.92 Å². The van der Waals surface area contributed by atoms with Crippen LogP contribution in [0.15, 0.2) is 71.1 Å². The van der Waals surface area contributed by atoms with Gasteiger partial charge in [-0.3, -0.25) is 4.79 Å². The number of rotatable bonds is 5. The zero-order chi connectivity index (χ0) is 22.7. The Balaban J connectivity index is 2.30. The molecule has 2 aromatic rings. The molecule has 3 rings (SSSR count). The lowest BCUT2D eigenvalue weighted by atomic mass is 9.78. The number of ketones is 1. The first-order valence-corrected chi connectivity index (χ1v) is 10.3. The van der Waals surface area contributed by atoms with Gasteiger partial charge in [0.2, 0.25) is 0 Å². The average Bonchev–Trinajstić information content (AvgIpc) is 2.73. The van der Waals surface area contributed by atoms with Gasteiger partial charge >= 0.3 is 5.97 Å². The number of hydrogen-bond donors (Lipinski definition) is 0. The second-order valence-corrected chi connectivity index (χ2v) is 7.62. The van der Waals surface area contributed by atoms with Gasteiger partial charge in [-0.2, -0.15) is 5.26 Å². The molecule has 0 bridgehead atoms. The van der Waals surface area contributed by atoms with Crippen molar-refractivity contribution in [3.8, 4) is 6.07 Å². The predicted molar refractivity (Wildman–Crippen MR) is 120 cm³/mol. The monoisotopic (exact) mass is 414 g/mol. The third-order valence-corrected chi connectivity index (χ3v) is 5.54. The van der Waals surface area contributed by atoms with Crippen molar-refractivity contribution in [1.82, 2.24) is 0 Å². The van der Waals surface area contributed by atoms with E-state index in [-0.39, 0.29) is 12.4 Å². The maximum absolute atomic E-state index is 13.1. The van der Waals surface area contributed by atoms with E-state index in [1.54, 1.807) is 31.2 Å². The molecule has 0 radical (unpaired) electrons. The van der Waals surface area contributed by atoms with Crippen LogP contribution in [0.1, 0.15) is 50.3 Å². The Hall–Kier alpha value is -3.65. The van der Waals surface area contributed by atoms with Gasteiger partial charge in [0.15, 0.2) is 5.78 Å². The van der Waals surface area contributed by atoms with E-state index in [9.17, 15) is 9.59 Å². The van der Waals surface area contributed by atoms with Crippen molar-refractivity contribution in [1.29, 1.82) is 5.26 Å². The van der Waals surface area contributed by atoms with Gasteiger partial charge in [-0.25, -0.2) is 4.79 Å². The van der Waals surface area contributed by atoms with E-state index < -0.39 is 11.9 Å².